The lowest BCUT2D eigenvalue weighted by Crippen LogP contribution is -2.32. The molecule has 0 spiro atoms. The van der Waals surface area contributed by atoms with Crippen LogP contribution in [-0.2, 0) is 49.3 Å². The molecule has 312 valence electrons. The normalized spacial score (nSPS) is 19.0. The lowest BCUT2D eigenvalue weighted by atomic mass is 9.81. The Hall–Kier alpha value is -4.95. The first-order valence-electron chi connectivity index (χ1n) is 20.4. The number of amides is 4. The van der Waals surface area contributed by atoms with Crippen LogP contribution in [0.3, 0.4) is 0 Å². The van der Waals surface area contributed by atoms with Crippen molar-refractivity contribution in [2.24, 2.45) is 0 Å². The van der Waals surface area contributed by atoms with Crippen molar-refractivity contribution in [1.82, 2.24) is 10.1 Å². The van der Waals surface area contributed by atoms with E-state index in [4.69, 9.17) is 9.68 Å². The van der Waals surface area contributed by atoms with Gasteiger partial charge in [-0.3, -0.25) is 19.2 Å². The smallest absolute Gasteiger partial charge is 0.333 e. The van der Waals surface area contributed by atoms with Gasteiger partial charge in [-0.2, -0.15) is 4.58 Å². The van der Waals surface area contributed by atoms with Crippen LogP contribution in [0.25, 0.3) is 0 Å². The predicted molar refractivity (Wildman–Crippen MR) is 228 cm³/mol. The minimum Gasteiger partial charge on any atom is -0.344 e. The van der Waals surface area contributed by atoms with Crippen molar-refractivity contribution in [3.8, 4) is 0 Å². The van der Waals surface area contributed by atoms with E-state index >= 15 is 0 Å². The number of carbonyl (C=O) groups excluding carboxylic acids is 6. The van der Waals surface area contributed by atoms with Crippen LogP contribution in [-0.4, -0.2) is 69.1 Å². The Morgan fingerprint density at radius 2 is 1.22 bits per heavy atom. The molecule has 0 unspecified atom stereocenters. The molecule has 4 aliphatic rings. The summed E-state index contributed by atoms with van der Waals surface area (Å²) in [6.45, 7) is 10.3. The van der Waals surface area contributed by atoms with Gasteiger partial charge in [-0.05, 0) is 81.5 Å². The van der Waals surface area contributed by atoms with Crippen molar-refractivity contribution < 1.29 is 43.0 Å². The summed E-state index contributed by atoms with van der Waals surface area (Å²) in [7, 11) is 0. The molecule has 59 heavy (non-hydrogen) atoms. The van der Waals surface area contributed by atoms with Gasteiger partial charge in [0, 0.05) is 95.8 Å². The molecule has 0 atom stereocenters. The zero-order valence-electron chi connectivity index (χ0n) is 34.2. The SMILES string of the molecule is CC1(C)C(/C=C/C=C/C=C2/N(CCCCCC(=O)ON3C(=O)CCC3=O)c3ccc(S)cc3C2(C)C)=[N+](CCCCCC(=O)ON2C(=O)CCC2=O)c2ccc(S)cc21. The average Bonchev–Trinajstić information content (AvgIpc) is 3.81. The number of unbranched alkanes of at least 4 members (excludes halogenated alkanes) is 4. The van der Waals surface area contributed by atoms with Gasteiger partial charge in [-0.15, -0.1) is 35.4 Å². The lowest BCUT2D eigenvalue weighted by Gasteiger charge is -2.27. The number of imide groups is 2. The third-order valence-electron chi connectivity index (χ3n) is 11.4. The summed E-state index contributed by atoms with van der Waals surface area (Å²) in [5.74, 6) is -3.06. The van der Waals surface area contributed by atoms with Crippen molar-refractivity contribution in [2.75, 3.05) is 18.0 Å². The molecule has 0 aliphatic carbocycles. The van der Waals surface area contributed by atoms with E-state index in [-0.39, 0.29) is 49.4 Å². The number of thiol groups is 2. The molecule has 0 aromatic heterocycles. The number of allylic oxidation sites excluding steroid dienone is 6. The van der Waals surface area contributed by atoms with Crippen LogP contribution in [0, 0.1) is 0 Å². The zero-order valence-corrected chi connectivity index (χ0v) is 36.0. The van der Waals surface area contributed by atoms with Gasteiger partial charge >= 0.3 is 11.9 Å². The van der Waals surface area contributed by atoms with Crippen LogP contribution in [0.4, 0.5) is 11.4 Å². The minimum absolute atomic E-state index is 0.0700. The molecule has 4 heterocycles. The van der Waals surface area contributed by atoms with Crippen molar-refractivity contribution in [3.63, 3.8) is 0 Å². The summed E-state index contributed by atoms with van der Waals surface area (Å²) in [6, 6.07) is 12.5. The van der Waals surface area contributed by atoms with Crippen molar-refractivity contribution in [3.05, 3.63) is 83.6 Å². The van der Waals surface area contributed by atoms with Gasteiger partial charge < -0.3 is 14.6 Å². The molecule has 2 saturated heterocycles. The Morgan fingerprint density at radius 3 is 1.81 bits per heavy atom. The molecule has 2 aromatic carbocycles. The number of hydroxylamine groups is 4. The van der Waals surface area contributed by atoms with Crippen molar-refractivity contribution >= 4 is 77.9 Å². The van der Waals surface area contributed by atoms with E-state index in [1.54, 1.807) is 0 Å². The maximum Gasteiger partial charge on any atom is 0.333 e. The van der Waals surface area contributed by atoms with Gasteiger partial charge in [-0.1, -0.05) is 38.5 Å². The summed E-state index contributed by atoms with van der Waals surface area (Å²) in [4.78, 5) is 86.0. The first kappa shape index (κ1) is 43.6. The topological polar surface area (TPSA) is 134 Å². The van der Waals surface area contributed by atoms with E-state index in [1.165, 1.54) is 11.1 Å². The van der Waals surface area contributed by atoms with Crippen molar-refractivity contribution in [1.29, 1.82) is 0 Å². The Balaban J connectivity index is 1.10. The second-order valence-electron chi connectivity index (χ2n) is 16.3. The van der Waals surface area contributed by atoms with Crippen LogP contribution >= 0.6 is 25.3 Å². The fourth-order valence-corrected chi connectivity index (χ4v) is 8.62. The van der Waals surface area contributed by atoms with E-state index < -0.39 is 35.6 Å². The highest BCUT2D eigenvalue weighted by atomic mass is 32.1. The quantitative estimate of drug-likeness (QED) is 0.0539. The third-order valence-corrected chi connectivity index (χ3v) is 12.0. The number of benzene rings is 2. The maximum absolute atomic E-state index is 12.3. The number of fused-ring (bicyclic) bond motifs is 2. The molecule has 0 saturated carbocycles. The molecule has 14 heteroatoms. The second kappa shape index (κ2) is 18.5. The standard InChI is InChI=1S/C45H52N4O8S2/c1-44(2)32-28-30(58)18-20-34(32)46(26-12-6-10-16-42(54)56-48-38(50)22-23-39(48)51)36(44)14-8-5-9-15-37-45(3,4)33-29-31(59)19-21-35(33)47(37)27-13-7-11-17-43(55)57-49-40(52)24-25-41(49)53/h5,8-9,14-15,18-21,28-29H,6-7,10-13,16-17,22-27H2,1-4H3,(H-,58,59)/p+1. The Kier molecular flexibility index (Phi) is 13.7. The lowest BCUT2D eigenvalue weighted by molar-refractivity contribution is -0.438. The highest BCUT2D eigenvalue weighted by Crippen LogP contribution is 2.48. The molecule has 4 amide bonds. The van der Waals surface area contributed by atoms with Gasteiger partial charge in [0.2, 0.25) is 5.69 Å². The Morgan fingerprint density at radius 1 is 0.678 bits per heavy atom. The van der Waals surface area contributed by atoms with E-state index in [0.717, 1.165) is 71.3 Å². The molecule has 6 rings (SSSR count). The predicted octanol–water partition coefficient (Wildman–Crippen LogP) is 7.77. The number of nitrogens with zero attached hydrogens (tertiary/aromatic N) is 4. The summed E-state index contributed by atoms with van der Waals surface area (Å²) in [5, 5.41) is 1.20. The van der Waals surface area contributed by atoms with Crippen molar-refractivity contribution in [2.45, 2.75) is 125 Å². The third kappa shape index (κ3) is 9.75. The summed E-state index contributed by atoms with van der Waals surface area (Å²) < 4.78 is 2.34. The van der Waals surface area contributed by atoms with Crippen LogP contribution in [0.15, 0.2) is 82.3 Å². The monoisotopic (exact) mass is 841 g/mol. The number of hydrogen-bond acceptors (Lipinski definition) is 11. The van der Waals surface area contributed by atoms with E-state index in [2.05, 4.69) is 111 Å². The van der Waals surface area contributed by atoms with Gasteiger partial charge in [-0.25, -0.2) is 9.59 Å². The molecular weight excluding hydrogens is 789 g/mol. The zero-order chi connectivity index (χ0) is 42.5. The molecule has 2 fully saturated rings. The van der Waals surface area contributed by atoms with E-state index in [9.17, 15) is 28.8 Å². The Labute approximate surface area is 356 Å². The highest BCUT2D eigenvalue weighted by molar-refractivity contribution is 7.80. The summed E-state index contributed by atoms with van der Waals surface area (Å²) in [6.07, 6.45) is 15.3. The average molecular weight is 842 g/mol. The van der Waals surface area contributed by atoms with Gasteiger partial charge in [0.1, 0.15) is 6.54 Å². The first-order valence-corrected chi connectivity index (χ1v) is 21.3. The maximum atomic E-state index is 12.3. The molecular formula is C45H53N4O8S2+. The second-order valence-corrected chi connectivity index (χ2v) is 17.4. The molecule has 12 nitrogen and oxygen atoms in total. The fourth-order valence-electron chi connectivity index (χ4n) is 8.21. The molecule has 4 aliphatic heterocycles. The van der Waals surface area contributed by atoms with Crippen LogP contribution in [0.5, 0.6) is 0 Å². The number of anilines is 1. The number of hydrogen-bond donors (Lipinski definition) is 2. The largest absolute Gasteiger partial charge is 0.344 e. The molecule has 0 N–H and O–H groups in total. The van der Waals surface area contributed by atoms with Gasteiger partial charge in [0.15, 0.2) is 5.71 Å². The number of carbonyl (C=O) groups is 6. The van der Waals surface area contributed by atoms with E-state index in [1.807, 2.05) is 18.2 Å². The van der Waals surface area contributed by atoms with Crippen LogP contribution in [0.2, 0.25) is 0 Å². The number of rotatable bonds is 17. The highest BCUT2D eigenvalue weighted by Gasteiger charge is 2.44. The fraction of sp³-hybridized carbons (Fsp3) is 0.444. The van der Waals surface area contributed by atoms with Gasteiger partial charge in [0.05, 0.1) is 5.41 Å². The molecule has 0 bridgehead atoms. The summed E-state index contributed by atoms with van der Waals surface area (Å²) in [5.41, 5.74) is 6.36. The van der Waals surface area contributed by atoms with E-state index in [0.29, 0.717) is 23.0 Å². The first-order chi connectivity index (χ1) is 28.1. The van der Waals surface area contributed by atoms with Crippen LogP contribution < -0.4 is 4.90 Å². The summed E-state index contributed by atoms with van der Waals surface area (Å²) >= 11 is 9.28. The van der Waals surface area contributed by atoms with Gasteiger partial charge in [0.25, 0.3) is 23.6 Å². The van der Waals surface area contributed by atoms with Crippen LogP contribution in [0.1, 0.15) is 116 Å². The molecule has 0 radical (unpaired) electrons. The Bertz CT molecular complexity index is 2140. The minimum atomic E-state index is -0.577. The molecule has 2 aromatic rings.